The average molecular weight is 380 g/mol. The number of halogens is 1. The van der Waals surface area contributed by atoms with E-state index in [2.05, 4.69) is 5.32 Å². The molecular weight excluding hydrogens is 358 g/mol. The van der Waals surface area contributed by atoms with Crippen LogP contribution in [-0.2, 0) is 10.5 Å². The van der Waals surface area contributed by atoms with Crippen LogP contribution >= 0.6 is 23.4 Å². The molecule has 0 radical (unpaired) electrons. The molecule has 1 N–H and O–H groups in total. The summed E-state index contributed by atoms with van der Waals surface area (Å²) in [6.45, 7) is 2.38. The van der Waals surface area contributed by atoms with E-state index in [-0.39, 0.29) is 11.9 Å². The van der Waals surface area contributed by atoms with Gasteiger partial charge in [0, 0.05) is 39.9 Å². The van der Waals surface area contributed by atoms with Gasteiger partial charge in [0.25, 0.3) is 5.91 Å². The molecule has 25 heavy (non-hydrogen) atoms. The number of carbonyl (C=O) groups excluding carboxylic acids is 1. The normalized spacial score (nSPS) is 11.8. The number of benzene rings is 2. The number of carbonyl (C=O) groups is 1. The summed E-state index contributed by atoms with van der Waals surface area (Å²) in [5.41, 5.74) is 1.57. The molecule has 0 saturated carbocycles. The SMILES string of the molecule is COCC(C)NC(=O)c1ccc(OC)c(CSc2ccc(Cl)cc2)c1. The molecule has 6 heteroatoms. The number of nitrogens with one attached hydrogen (secondary N) is 1. The summed E-state index contributed by atoms with van der Waals surface area (Å²) in [5.74, 6) is 1.34. The molecule has 1 amide bonds. The van der Waals surface area contributed by atoms with E-state index in [1.54, 1.807) is 32.0 Å². The highest BCUT2D eigenvalue weighted by molar-refractivity contribution is 7.98. The summed E-state index contributed by atoms with van der Waals surface area (Å²) in [5, 5.41) is 3.63. The van der Waals surface area contributed by atoms with Gasteiger partial charge >= 0.3 is 0 Å². The minimum Gasteiger partial charge on any atom is -0.496 e. The Morgan fingerprint density at radius 2 is 1.92 bits per heavy atom. The second kappa shape index (κ2) is 9.70. The molecule has 2 aromatic rings. The highest BCUT2D eigenvalue weighted by Gasteiger charge is 2.13. The monoisotopic (exact) mass is 379 g/mol. The molecule has 0 aliphatic rings. The predicted molar refractivity (Wildman–Crippen MR) is 103 cm³/mol. The van der Waals surface area contributed by atoms with Crippen LogP contribution in [0.4, 0.5) is 0 Å². The van der Waals surface area contributed by atoms with Gasteiger partial charge in [-0.2, -0.15) is 0 Å². The maximum atomic E-state index is 12.4. The molecule has 0 aliphatic carbocycles. The number of hydrogen-bond donors (Lipinski definition) is 1. The van der Waals surface area contributed by atoms with Crippen molar-refractivity contribution in [1.29, 1.82) is 0 Å². The highest BCUT2D eigenvalue weighted by Crippen LogP contribution is 2.29. The van der Waals surface area contributed by atoms with Gasteiger partial charge in [0.05, 0.1) is 13.7 Å². The Hall–Kier alpha value is -1.69. The fourth-order valence-corrected chi connectivity index (χ4v) is 3.33. The van der Waals surface area contributed by atoms with Crippen molar-refractivity contribution in [1.82, 2.24) is 5.32 Å². The van der Waals surface area contributed by atoms with E-state index in [4.69, 9.17) is 21.1 Å². The van der Waals surface area contributed by atoms with Crippen LogP contribution in [0.25, 0.3) is 0 Å². The van der Waals surface area contributed by atoms with E-state index >= 15 is 0 Å². The Kier molecular flexibility index (Phi) is 7.62. The first-order chi connectivity index (χ1) is 12.0. The standard InChI is InChI=1S/C19H22ClNO3S/c1-13(11-23-2)21-19(22)14-4-9-18(24-3)15(10-14)12-25-17-7-5-16(20)6-8-17/h4-10,13H,11-12H2,1-3H3,(H,21,22). The first-order valence-electron chi connectivity index (χ1n) is 7.88. The van der Waals surface area contributed by atoms with Gasteiger partial charge in [-0.15, -0.1) is 11.8 Å². The molecule has 1 unspecified atom stereocenters. The molecule has 0 fully saturated rings. The molecule has 134 valence electrons. The Bertz CT molecular complexity index is 706. The Morgan fingerprint density at radius 3 is 2.56 bits per heavy atom. The maximum Gasteiger partial charge on any atom is 0.251 e. The first kappa shape index (κ1) is 19.6. The molecule has 2 rings (SSSR count). The van der Waals surface area contributed by atoms with Crippen LogP contribution in [0, 0.1) is 0 Å². The Labute approximate surface area is 157 Å². The molecule has 1 atom stereocenters. The van der Waals surface area contributed by atoms with Crippen molar-refractivity contribution >= 4 is 29.3 Å². The number of thioether (sulfide) groups is 1. The Morgan fingerprint density at radius 1 is 1.20 bits per heavy atom. The second-order valence-corrected chi connectivity index (χ2v) is 7.08. The average Bonchev–Trinajstić information content (AvgIpc) is 2.61. The van der Waals surface area contributed by atoms with Crippen LogP contribution in [0.2, 0.25) is 5.02 Å². The molecule has 0 saturated heterocycles. The van der Waals surface area contributed by atoms with Crippen molar-refractivity contribution in [3.8, 4) is 5.75 Å². The lowest BCUT2D eigenvalue weighted by Crippen LogP contribution is -2.35. The van der Waals surface area contributed by atoms with E-state index < -0.39 is 0 Å². The highest BCUT2D eigenvalue weighted by atomic mass is 35.5. The molecule has 0 heterocycles. The Balaban J connectivity index is 2.10. The van der Waals surface area contributed by atoms with Crippen molar-refractivity contribution in [2.24, 2.45) is 0 Å². The summed E-state index contributed by atoms with van der Waals surface area (Å²) in [4.78, 5) is 13.5. The minimum atomic E-state index is -0.120. The van der Waals surface area contributed by atoms with Crippen LogP contribution < -0.4 is 10.1 Å². The van der Waals surface area contributed by atoms with Crippen LogP contribution in [-0.4, -0.2) is 32.8 Å². The van der Waals surface area contributed by atoms with Crippen LogP contribution in [0.1, 0.15) is 22.8 Å². The maximum absolute atomic E-state index is 12.4. The van der Waals surface area contributed by atoms with Gasteiger partial charge in [0.1, 0.15) is 5.75 Å². The van der Waals surface area contributed by atoms with Gasteiger partial charge in [0.2, 0.25) is 0 Å². The van der Waals surface area contributed by atoms with Gasteiger partial charge in [-0.1, -0.05) is 11.6 Å². The second-order valence-electron chi connectivity index (χ2n) is 5.60. The van der Waals surface area contributed by atoms with E-state index in [9.17, 15) is 4.79 Å². The third-order valence-corrected chi connectivity index (χ3v) is 4.86. The van der Waals surface area contributed by atoms with Gasteiger partial charge in [-0.05, 0) is 49.4 Å². The largest absolute Gasteiger partial charge is 0.496 e. The third kappa shape index (κ3) is 5.96. The number of methoxy groups -OCH3 is 2. The number of hydrogen-bond acceptors (Lipinski definition) is 4. The van der Waals surface area contributed by atoms with Gasteiger partial charge < -0.3 is 14.8 Å². The summed E-state index contributed by atoms with van der Waals surface area (Å²) >= 11 is 7.58. The van der Waals surface area contributed by atoms with Crippen LogP contribution in [0.5, 0.6) is 5.75 Å². The van der Waals surface area contributed by atoms with Gasteiger partial charge in [-0.25, -0.2) is 0 Å². The van der Waals surface area contributed by atoms with Crippen molar-refractivity contribution in [2.75, 3.05) is 20.8 Å². The fraction of sp³-hybridized carbons (Fsp3) is 0.316. The van der Waals surface area contributed by atoms with Crippen LogP contribution in [0.15, 0.2) is 47.4 Å². The smallest absolute Gasteiger partial charge is 0.251 e. The van der Waals surface area contributed by atoms with Crippen molar-refractivity contribution < 1.29 is 14.3 Å². The number of ether oxygens (including phenoxy) is 2. The lowest BCUT2D eigenvalue weighted by atomic mass is 10.1. The quantitative estimate of drug-likeness (QED) is 0.690. The molecule has 0 spiro atoms. The van der Waals surface area contributed by atoms with E-state index in [0.29, 0.717) is 22.9 Å². The fourth-order valence-electron chi connectivity index (χ4n) is 2.32. The third-order valence-electron chi connectivity index (χ3n) is 3.54. The zero-order valence-electron chi connectivity index (χ0n) is 14.5. The molecule has 4 nitrogen and oxygen atoms in total. The number of amides is 1. The van der Waals surface area contributed by atoms with Gasteiger partial charge in [-0.3, -0.25) is 4.79 Å². The van der Waals surface area contributed by atoms with Gasteiger partial charge in [0.15, 0.2) is 0 Å². The molecule has 0 bridgehead atoms. The summed E-state index contributed by atoms with van der Waals surface area (Å²) in [6.07, 6.45) is 0. The summed E-state index contributed by atoms with van der Waals surface area (Å²) in [6, 6.07) is 13.1. The topological polar surface area (TPSA) is 47.6 Å². The predicted octanol–water partition coefficient (Wildman–Crippen LogP) is 4.41. The van der Waals surface area contributed by atoms with E-state index in [1.807, 2.05) is 43.3 Å². The van der Waals surface area contributed by atoms with Crippen molar-refractivity contribution in [3.63, 3.8) is 0 Å². The van der Waals surface area contributed by atoms with Crippen molar-refractivity contribution in [2.45, 2.75) is 23.6 Å². The number of rotatable bonds is 8. The molecular formula is C19H22ClNO3S. The van der Waals surface area contributed by atoms with Crippen molar-refractivity contribution in [3.05, 3.63) is 58.6 Å². The lowest BCUT2D eigenvalue weighted by Gasteiger charge is -2.14. The van der Waals surface area contributed by atoms with E-state index in [0.717, 1.165) is 16.2 Å². The lowest BCUT2D eigenvalue weighted by molar-refractivity contribution is 0.0905. The first-order valence-corrected chi connectivity index (χ1v) is 9.25. The molecule has 0 aliphatic heterocycles. The molecule has 0 aromatic heterocycles. The summed E-state index contributed by atoms with van der Waals surface area (Å²) in [7, 11) is 3.24. The molecule has 2 aromatic carbocycles. The summed E-state index contributed by atoms with van der Waals surface area (Å²) < 4.78 is 10.5. The zero-order chi connectivity index (χ0) is 18.2. The minimum absolute atomic E-state index is 0.0495. The zero-order valence-corrected chi connectivity index (χ0v) is 16.1. The van der Waals surface area contributed by atoms with Crippen LogP contribution in [0.3, 0.4) is 0 Å². The van der Waals surface area contributed by atoms with E-state index in [1.165, 1.54) is 0 Å².